The summed E-state index contributed by atoms with van der Waals surface area (Å²) in [6, 6.07) is 0. The first kappa shape index (κ1) is 9.38. The van der Waals surface area contributed by atoms with Gasteiger partial charge < -0.3 is 0 Å². The van der Waals surface area contributed by atoms with Gasteiger partial charge in [-0.1, -0.05) is 26.7 Å². The Morgan fingerprint density at radius 2 is 2.09 bits per heavy atom. The molecule has 0 heterocycles. The van der Waals surface area contributed by atoms with Crippen LogP contribution >= 0.6 is 11.6 Å². The van der Waals surface area contributed by atoms with Crippen molar-refractivity contribution in [2.75, 3.05) is 0 Å². The first-order valence-electron chi connectivity index (χ1n) is 4.88. The van der Waals surface area contributed by atoms with E-state index in [1.54, 1.807) is 0 Å². The van der Waals surface area contributed by atoms with Gasteiger partial charge in [0.15, 0.2) is 0 Å². The van der Waals surface area contributed by atoms with E-state index < -0.39 is 0 Å². The van der Waals surface area contributed by atoms with Crippen molar-refractivity contribution in [1.29, 1.82) is 0 Å². The van der Waals surface area contributed by atoms with Crippen molar-refractivity contribution in [3.05, 3.63) is 0 Å². The van der Waals surface area contributed by atoms with Crippen LogP contribution in [0.5, 0.6) is 0 Å². The highest BCUT2D eigenvalue weighted by molar-refractivity contribution is 6.20. The first-order chi connectivity index (χ1) is 5.24. The van der Waals surface area contributed by atoms with Gasteiger partial charge in [0.05, 0.1) is 0 Å². The lowest BCUT2D eigenvalue weighted by Crippen LogP contribution is -2.22. The number of halogens is 1. The summed E-state index contributed by atoms with van der Waals surface area (Å²) in [6.07, 6.45) is 6.72. The van der Waals surface area contributed by atoms with Crippen LogP contribution in [0.4, 0.5) is 0 Å². The van der Waals surface area contributed by atoms with E-state index in [9.17, 15) is 0 Å². The largest absolute Gasteiger partial charge is 0.123 e. The quantitative estimate of drug-likeness (QED) is 0.559. The fraction of sp³-hybridized carbons (Fsp3) is 1.00. The molecule has 0 spiro atoms. The molecule has 0 N–H and O–H groups in total. The van der Waals surface area contributed by atoms with Crippen LogP contribution in [-0.4, -0.2) is 5.38 Å². The van der Waals surface area contributed by atoms with Crippen molar-refractivity contribution >= 4 is 11.6 Å². The predicted octanol–water partition coefficient (Wildman–Crippen LogP) is 3.83. The molecule has 0 saturated heterocycles. The summed E-state index contributed by atoms with van der Waals surface area (Å²) >= 11 is 6.13. The second kappa shape index (κ2) is 4.35. The van der Waals surface area contributed by atoms with Crippen LogP contribution in [0.25, 0.3) is 0 Å². The summed E-state index contributed by atoms with van der Waals surface area (Å²) in [5.74, 6) is 1.73. The molecule has 1 fully saturated rings. The summed E-state index contributed by atoms with van der Waals surface area (Å²) in [5, 5.41) is 0.461. The van der Waals surface area contributed by atoms with Crippen LogP contribution in [0.3, 0.4) is 0 Å². The van der Waals surface area contributed by atoms with E-state index in [1.165, 1.54) is 32.1 Å². The van der Waals surface area contributed by atoms with E-state index in [-0.39, 0.29) is 0 Å². The molecule has 0 nitrogen and oxygen atoms in total. The van der Waals surface area contributed by atoms with Crippen molar-refractivity contribution in [2.45, 2.75) is 51.3 Å². The molecule has 0 radical (unpaired) electrons. The Morgan fingerprint density at radius 3 is 2.64 bits per heavy atom. The van der Waals surface area contributed by atoms with Gasteiger partial charge >= 0.3 is 0 Å². The first-order valence-corrected chi connectivity index (χ1v) is 5.31. The van der Waals surface area contributed by atoms with Gasteiger partial charge in [-0.2, -0.15) is 0 Å². The smallest absolute Gasteiger partial charge is 0.0361 e. The van der Waals surface area contributed by atoms with Gasteiger partial charge in [0.2, 0.25) is 0 Å². The van der Waals surface area contributed by atoms with Crippen LogP contribution in [0.1, 0.15) is 46.0 Å². The fourth-order valence-corrected chi connectivity index (χ4v) is 2.37. The third kappa shape index (κ3) is 2.66. The van der Waals surface area contributed by atoms with Crippen LogP contribution in [0.2, 0.25) is 0 Å². The Labute approximate surface area is 75.3 Å². The van der Waals surface area contributed by atoms with Crippen molar-refractivity contribution < 1.29 is 0 Å². The standard InChI is InChI=1S/C10H19Cl/c1-3-4-9-5-6-10(11)8(2)7-9/h8-10H,3-7H2,1-2H3. The zero-order chi connectivity index (χ0) is 8.27. The Kier molecular flexibility index (Phi) is 3.71. The molecule has 0 aromatic heterocycles. The van der Waals surface area contributed by atoms with Crippen molar-refractivity contribution in [2.24, 2.45) is 11.8 Å². The lowest BCUT2D eigenvalue weighted by molar-refractivity contribution is 0.273. The molecule has 1 heteroatoms. The van der Waals surface area contributed by atoms with E-state index in [2.05, 4.69) is 13.8 Å². The number of alkyl halides is 1. The van der Waals surface area contributed by atoms with Gasteiger partial charge in [-0.05, 0) is 31.1 Å². The van der Waals surface area contributed by atoms with Gasteiger partial charge in [0.25, 0.3) is 0 Å². The minimum atomic E-state index is 0.461. The van der Waals surface area contributed by atoms with Gasteiger partial charge in [0.1, 0.15) is 0 Å². The highest BCUT2D eigenvalue weighted by atomic mass is 35.5. The van der Waals surface area contributed by atoms with E-state index >= 15 is 0 Å². The Hall–Kier alpha value is 0.290. The molecule has 11 heavy (non-hydrogen) atoms. The third-order valence-corrected chi connectivity index (χ3v) is 3.52. The lowest BCUT2D eigenvalue weighted by atomic mass is 9.80. The summed E-state index contributed by atoms with van der Waals surface area (Å²) in [7, 11) is 0. The molecule has 0 amide bonds. The monoisotopic (exact) mass is 174 g/mol. The molecule has 1 saturated carbocycles. The third-order valence-electron chi connectivity index (χ3n) is 2.87. The zero-order valence-corrected chi connectivity index (χ0v) is 8.40. The maximum Gasteiger partial charge on any atom is 0.0361 e. The Balaban J connectivity index is 2.28. The van der Waals surface area contributed by atoms with Crippen LogP contribution in [0.15, 0.2) is 0 Å². The molecule has 0 bridgehead atoms. The van der Waals surface area contributed by atoms with Crippen molar-refractivity contribution in [3.63, 3.8) is 0 Å². The van der Waals surface area contributed by atoms with Gasteiger partial charge in [0, 0.05) is 5.38 Å². The molecule has 1 aliphatic rings. The molecular weight excluding hydrogens is 156 g/mol. The van der Waals surface area contributed by atoms with Gasteiger partial charge in [-0.25, -0.2) is 0 Å². The van der Waals surface area contributed by atoms with Gasteiger partial charge in [-0.15, -0.1) is 11.6 Å². The molecule has 0 aliphatic heterocycles. The lowest BCUT2D eigenvalue weighted by Gasteiger charge is -2.30. The molecule has 3 atom stereocenters. The topological polar surface area (TPSA) is 0 Å². The Morgan fingerprint density at radius 1 is 1.36 bits per heavy atom. The molecule has 66 valence electrons. The average Bonchev–Trinajstić information content (AvgIpc) is 1.98. The SMILES string of the molecule is CCCC1CCC(Cl)C(C)C1. The number of hydrogen-bond acceptors (Lipinski definition) is 0. The average molecular weight is 175 g/mol. The predicted molar refractivity (Wildman–Crippen MR) is 51.1 cm³/mol. The van der Waals surface area contributed by atoms with E-state index in [1.807, 2.05) is 0 Å². The molecular formula is C10H19Cl. The molecule has 0 aromatic carbocycles. The van der Waals surface area contributed by atoms with E-state index in [4.69, 9.17) is 11.6 Å². The number of hydrogen-bond donors (Lipinski definition) is 0. The van der Waals surface area contributed by atoms with Crippen LogP contribution in [0, 0.1) is 11.8 Å². The minimum Gasteiger partial charge on any atom is -0.123 e. The molecule has 0 aromatic rings. The fourth-order valence-electron chi connectivity index (χ4n) is 2.14. The minimum absolute atomic E-state index is 0.461. The zero-order valence-electron chi connectivity index (χ0n) is 7.65. The van der Waals surface area contributed by atoms with Crippen LogP contribution in [-0.2, 0) is 0 Å². The summed E-state index contributed by atoms with van der Waals surface area (Å²) < 4.78 is 0. The summed E-state index contributed by atoms with van der Waals surface area (Å²) in [4.78, 5) is 0. The van der Waals surface area contributed by atoms with Crippen molar-refractivity contribution in [3.8, 4) is 0 Å². The highest BCUT2D eigenvalue weighted by Crippen LogP contribution is 2.34. The van der Waals surface area contributed by atoms with Gasteiger partial charge in [-0.3, -0.25) is 0 Å². The van der Waals surface area contributed by atoms with E-state index in [0.29, 0.717) is 5.38 Å². The van der Waals surface area contributed by atoms with Crippen molar-refractivity contribution in [1.82, 2.24) is 0 Å². The second-order valence-corrected chi connectivity index (χ2v) is 4.52. The maximum absolute atomic E-state index is 6.13. The van der Waals surface area contributed by atoms with Crippen LogP contribution < -0.4 is 0 Å². The second-order valence-electron chi connectivity index (χ2n) is 3.96. The highest BCUT2D eigenvalue weighted by Gasteiger charge is 2.24. The molecule has 1 aliphatic carbocycles. The number of rotatable bonds is 2. The summed E-state index contributed by atoms with van der Waals surface area (Å²) in [5.41, 5.74) is 0. The molecule has 3 unspecified atom stereocenters. The summed E-state index contributed by atoms with van der Waals surface area (Å²) in [6.45, 7) is 4.57. The Bertz CT molecular complexity index is 111. The maximum atomic E-state index is 6.13. The molecule has 1 rings (SSSR count). The normalized spacial score (nSPS) is 39.0. The van der Waals surface area contributed by atoms with E-state index in [0.717, 1.165) is 11.8 Å².